The second kappa shape index (κ2) is 6.05. The van der Waals surface area contributed by atoms with Gasteiger partial charge in [0.25, 0.3) is 0 Å². The maximum atomic E-state index is 11.9. The average Bonchev–Trinajstić information content (AvgIpc) is 2.83. The molecule has 0 spiro atoms. The molecule has 0 aliphatic carbocycles. The monoisotopic (exact) mass is 272 g/mol. The van der Waals surface area contributed by atoms with E-state index in [9.17, 15) is 4.79 Å². The SMILES string of the molecule is O=c1[nH]nc(CN2CCCCC2)n1Cc1ccccc1. The summed E-state index contributed by atoms with van der Waals surface area (Å²) in [5.41, 5.74) is 0.997. The van der Waals surface area contributed by atoms with E-state index in [1.54, 1.807) is 4.57 Å². The number of likely N-dealkylation sites (tertiary alicyclic amines) is 1. The molecule has 5 heteroatoms. The van der Waals surface area contributed by atoms with Crippen LogP contribution < -0.4 is 5.69 Å². The molecule has 0 unspecified atom stereocenters. The van der Waals surface area contributed by atoms with Crippen LogP contribution in [0, 0.1) is 0 Å². The topological polar surface area (TPSA) is 53.9 Å². The average molecular weight is 272 g/mol. The maximum absolute atomic E-state index is 11.9. The van der Waals surface area contributed by atoms with Gasteiger partial charge < -0.3 is 0 Å². The van der Waals surface area contributed by atoms with Gasteiger partial charge in [0.05, 0.1) is 13.1 Å². The molecular formula is C15H20N4O. The van der Waals surface area contributed by atoms with Crippen molar-refractivity contribution in [3.63, 3.8) is 0 Å². The highest BCUT2D eigenvalue weighted by molar-refractivity contribution is 5.15. The van der Waals surface area contributed by atoms with E-state index in [0.29, 0.717) is 6.54 Å². The Hall–Kier alpha value is -1.88. The number of nitrogens with zero attached hydrogens (tertiary/aromatic N) is 3. The van der Waals surface area contributed by atoms with Gasteiger partial charge in [0.1, 0.15) is 5.82 Å². The van der Waals surface area contributed by atoms with Crippen molar-refractivity contribution in [2.24, 2.45) is 0 Å². The predicted molar refractivity (Wildman–Crippen MR) is 77.5 cm³/mol. The van der Waals surface area contributed by atoms with Gasteiger partial charge in [-0.3, -0.25) is 9.47 Å². The van der Waals surface area contributed by atoms with Crippen LogP contribution in [0.4, 0.5) is 0 Å². The van der Waals surface area contributed by atoms with Crippen LogP contribution in [0.2, 0.25) is 0 Å². The number of benzene rings is 1. The minimum atomic E-state index is -0.124. The first kappa shape index (κ1) is 13.1. The van der Waals surface area contributed by atoms with Gasteiger partial charge in [0, 0.05) is 0 Å². The summed E-state index contributed by atoms with van der Waals surface area (Å²) in [7, 11) is 0. The van der Waals surface area contributed by atoms with Crippen LogP contribution in [0.25, 0.3) is 0 Å². The van der Waals surface area contributed by atoms with E-state index in [1.165, 1.54) is 19.3 Å². The third-order valence-corrected chi connectivity index (χ3v) is 3.83. The number of hydrogen-bond donors (Lipinski definition) is 1. The molecule has 1 saturated heterocycles. The molecule has 20 heavy (non-hydrogen) atoms. The van der Waals surface area contributed by atoms with Crippen LogP contribution in [0.15, 0.2) is 35.1 Å². The van der Waals surface area contributed by atoms with Crippen molar-refractivity contribution in [1.82, 2.24) is 19.7 Å². The lowest BCUT2D eigenvalue weighted by atomic mass is 10.1. The van der Waals surface area contributed by atoms with Gasteiger partial charge in [-0.25, -0.2) is 9.89 Å². The van der Waals surface area contributed by atoms with E-state index in [2.05, 4.69) is 15.1 Å². The van der Waals surface area contributed by atoms with Crippen molar-refractivity contribution in [2.45, 2.75) is 32.4 Å². The number of nitrogens with one attached hydrogen (secondary N) is 1. The number of piperidine rings is 1. The first-order chi connectivity index (χ1) is 9.83. The molecule has 0 saturated carbocycles. The quantitative estimate of drug-likeness (QED) is 0.920. The summed E-state index contributed by atoms with van der Waals surface area (Å²) in [5.74, 6) is 0.834. The largest absolute Gasteiger partial charge is 0.343 e. The van der Waals surface area contributed by atoms with Crippen LogP contribution in [0.5, 0.6) is 0 Å². The van der Waals surface area contributed by atoms with Crippen LogP contribution in [-0.4, -0.2) is 32.8 Å². The molecule has 3 rings (SSSR count). The van der Waals surface area contributed by atoms with Gasteiger partial charge in [0.2, 0.25) is 0 Å². The number of H-pyrrole nitrogens is 1. The summed E-state index contributed by atoms with van der Waals surface area (Å²) >= 11 is 0. The first-order valence-corrected chi connectivity index (χ1v) is 7.23. The number of hydrogen-bond acceptors (Lipinski definition) is 3. The summed E-state index contributed by atoms with van der Waals surface area (Å²) in [6.45, 7) is 3.55. The Kier molecular flexibility index (Phi) is 3.97. The van der Waals surface area contributed by atoms with Crippen LogP contribution in [-0.2, 0) is 13.1 Å². The van der Waals surface area contributed by atoms with E-state index >= 15 is 0 Å². The van der Waals surface area contributed by atoms with Crippen molar-refractivity contribution in [2.75, 3.05) is 13.1 Å². The summed E-state index contributed by atoms with van der Waals surface area (Å²) in [6.07, 6.45) is 3.80. The second-order valence-corrected chi connectivity index (χ2v) is 5.35. The molecule has 2 aromatic rings. The normalized spacial score (nSPS) is 16.4. The van der Waals surface area contributed by atoms with Crippen molar-refractivity contribution in [3.05, 3.63) is 52.2 Å². The third kappa shape index (κ3) is 2.99. The van der Waals surface area contributed by atoms with Gasteiger partial charge in [-0.2, -0.15) is 5.10 Å². The molecule has 1 aliphatic rings. The molecule has 1 aliphatic heterocycles. The van der Waals surface area contributed by atoms with Gasteiger partial charge in [-0.1, -0.05) is 36.8 Å². The highest BCUT2D eigenvalue weighted by Gasteiger charge is 2.15. The minimum absolute atomic E-state index is 0.124. The van der Waals surface area contributed by atoms with E-state index in [1.807, 2.05) is 30.3 Å². The molecule has 1 aromatic carbocycles. The predicted octanol–water partition coefficient (Wildman–Crippen LogP) is 1.61. The van der Waals surface area contributed by atoms with E-state index in [0.717, 1.165) is 31.0 Å². The highest BCUT2D eigenvalue weighted by Crippen LogP contribution is 2.11. The number of rotatable bonds is 4. The van der Waals surface area contributed by atoms with Crippen LogP contribution >= 0.6 is 0 Å². The minimum Gasteiger partial charge on any atom is -0.296 e. The van der Waals surface area contributed by atoms with Crippen molar-refractivity contribution in [3.8, 4) is 0 Å². The number of aromatic amines is 1. The van der Waals surface area contributed by atoms with Gasteiger partial charge >= 0.3 is 5.69 Å². The lowest BCUT2D eigenvalue weighted by Gasteiger charge is -2.25. The van der Waals surface area contributed by atoms with Crippen LogP contribution in [0.1, 0.15) is 30.7 Å². The molecule has 2 heterocycles. The smallest absolute Gasteiger partial charge is 0.296 e. The Labute approximate surface area is 118 Å². The van der Waals surface area contributed by atoms with Gasteiger partial charge in [-0.15, -0.1) is 0 Å². The third-order valence-electron chi connectivity index (χ3n) is 3.83. The Bertz CT molecular complexity index is 596. The van der Waals surface area contributed by atoms with Crippen LogP contribution in [0.3, 0.4) is 0 Å². The molecular weight excluding hydrogens is 252 g/mol. The van der Waals surface area contributed by atoms with Crippen molar-refractivity contribution in [1.29, 1.82) is 0 Å². The Morgan fingerprint density at radius 1 is 1.05 bits per heavy atom. The van der Waals surface area contributed by atoms with E-state index in [-0.39, 0.29) is 5.69 Å². The Balaban J connectivity index is 1.76. The van der Waals surface area contributed by atoms with E-state index < -0.39 is 0 Å². The molecule has 0 bridgehead atoms. The highest BCUT2D eigenvalue weighted by atomic mass is 16.1. The lowest BCUT2D eigenvalue weighted by molar-refractivity contribution is 0.213. The molecule has 0 atom stereocenters. The summed E-state index contributed by atoms with van der Waals surface area (Å²) in [6, 6.07) is 10.0. The molecule has 106 valence electrons. The number of aromatic nitrogens is 3. The molecule has 0 radical (unpaired) electrons. The lowest BCUT2D eigenvalue weighted by Crippen LogP contribution is -2.31. The Morgan fingerprint density at radius 3 is 2.55 bits per heavy atom. The van der Waals surface area contributed by atoms with E-state index in [4.69, 9.17) is 0 Å². The molecule has 0 amide bonds. The molecule has 5 nitrogen and oxygen atoms in total. The van der Waals surface area contributed by atoms with Crippen molar-refractivity contribution < 1.29 is 0 Å². The summed E-state index contributed by atoms with van der Waals surface area (Å²) < 4.78 is 1.74. The fourth-order valence-electron chi connectivity index (χ4n) is 2.72. The fraction of sp³-hybridized carbons (Fsp3) is 0.467. The van der Waals surface area contributed by atoms with Gasteiger partial charge in [-0.05, 0) is 31.5 Å². The first-order valence-electron chi connectivity index (χ1n) is 7.23. The zero-order valence-electron chi connectivity index (χ0n) is 11.6. The van der Waals surface area contributed by atoms with Crippen molar-refractivity contribution >= 4 is 0 Å². The second-order valence-electron chi connectivity index (χ2n) is 5.35. The molecule has 1 fully saturated rings. The summed E-state index contributed by atoms with van der Waals surface area (Å²) in [4.78, 5) is 14.3. The molecule has 1 N–H and O–H groups in total. The Morgan fingerprint density at radius 2 is 1.80 bits per heavy atom. The fourth-order valence-corrected chi connectivity index (χ4v) is 2.72. The van der Waals surface area contributed by atoms with Gasteiger partial charge in [0.15, 0.2) is 0 Å². The maximum Gasteiger partial charge on any atom is 0.343 e. The molecule has 1 aromatic heterocycles. The zero-order valence-corrected chi connectivity index (χ0v) is 11.6. The summed E-state index contributed by atoms with van der Waals surface area (Å²) in [5, 5.41) is 6.77. The zero-order chi connectivity index (χ0) is 13.8. The standard InChI is InChI=1S/C15H20N4O/c20-15-17-16-14(12-18-9-5-2-6-10-18)19(15)11-13-7-3-1-4-8-13/h1,3-4,7-8H,2,5-6,9-12H2,(H,17,20).